The summed E-state index contributed by atoms with van der Waals surface area (Å²) in [5, 5.41) is 3.16. The van der Waals surface area contributed by atoms with Crippen LogP contribution in [-0.2, 0) is 0 Å². The fourth-order valence-corrected chi connectivity index (χ4v) is 2.80. The van der Waals surface area contributed by atoms with E-state index < -0.39 is 0 Å². The summed E-state index contributed by atoms with van der Waals surface area (Å²) in [6.07, 6.45) is 2.61. The highest BCUT2D eigenvalue weighted by molar-refractivity contribution is 9.10. The van der Waals surface area contributed by atoms with E-state index in [1.54, 1.807) is 0 Å². The van der Waals surface area contributed by atoms with Crippen LogP contribution in [0.4, 0.5) is 11.4 Å². The lowest BCUT2D eigenvalue weighted by Gasteiger charge is -2.32. The van der Waals surface area contributed by atoms with Gasteiger partial charge in [-0.25, -0.2) is 0 Å². The molecule has 1 saturated heterocycles. The van der Waals surface area contributed by atoms with E-state index in [-0.39, 0.29) is 0 Å². The Morgan fingerprint density at radius 1 is 1.31 bits per heavy atom. The van der Waals surface area contributed by atoms with Crippen molar-refractivity contribution in [2.75, 3.05) is 30.4 Å². The zero-order valence-electron chi connectivity index (χ0n) is 9.96. The Balaban J connectivity index is 2.14. The van der Waals surface area contributed by atoms with Gasteiger partial charge in [-0.1, -0.05) is 6.92 Å². The van der Waals surface area contributed by atoms with Gasteiger partial charge in [-0.3, -0.25) is 0 Å². The lowest BCUT2D eigenvalue weighted by atomic mass is 9.99. The van der Waals surface area contributed by atoms with Crippen LogP contribution in [0.2, 0.25) is 0 Å². The van der Waals surface area contributed by atoms with Crippen molar-refractivity contribution in [3.8, 4) is 0 Å². The average Bonchev–Trinajstić information content (AvgIpc) is 2.30. The smallest absolute Gasteiger partial charge is 0.0512 e. The van der Waals surface area contributed by atoms with Gasteiger partial charge in [0.15, 0.2) is 0 Å². The lowest BCUT2D eigenvalue weighted by Crippen LogP contribution is -2.32. The Kier molecular flexibility index (Phi) is 3.74. The zero-order valence-corrected chi connectivity index (χ0v) is 11.5. The van der Waals surface area contributed by atoms with E-state index in [1.165, 1.54) is 36.1 Å². The minimum absolute atomic E-state index is 0.881. The second-order valence-corrected chi connectivity index (χ2v) is 5.44. The molecule has 2 nitrogen and oxygen atoms in total. The third-order valence-electron chi connectivity index (χ3n) is 3.36. The first-order valence-corrected chi connectivity index (χ1v) is 6.72. The Morgan fingerprint density at radius 2 is 2.00 bits per heavy atom. The molecule has 1 heterocycles. The van der Waals surface area contributed by atoms with E-state index in [1.807, 2.05) is 7.05 Å². The van der Waals surface area contributed by atoms with Crippen LogP contribution in [0.15, 0.2) is 22.7 Å². The fourth-order valence-electron chi connectivity index (χ4n) is 2.17. The van der Waals surface area contributed by atoms with E-state index in [9.17, 15) is 0 Å². The highest BCUT2D eigenvalue weighted by atomic mass is 79.9. The largest absolute Gasteiger partial charge is 0.388 e. The van der Waals surface area contributed by atoms with Gasteiger partial charge >= 0.3 is 0 Å². The molecule has 1 N–H and O–H groups in total. The molecule has 0 bridgehead atoms. The first-order chi connectivity index (χ1) is 7.70. The van der Waals surface area contributed by atoms with Crippen LogP contribution < -0.4 is 10.2 Å². The van der Waals surface area contributed by atoms with Gasteiger partial charge in [0, 0.05) is 30.3 Å². The van der Waals surface area contributed by atoms with E-state index in [4.69, 9.17) is 0 Å². The number of anilines is 2. The number of rotatable bonds is 2. The Morgan fingerprint density at radius 3 is 2.56 bits per heavy atom. The Bertz CT molecular complexity index is 357. The zero-order chi connectivity index (χ0) is 11.5. The molecule has 16 heavy (non-hydrogen) atoms. The van der Waals surface area contributed by atoms with Gasteiger partial charge in [0.25, 0.3) is 0 Å². The summed E-state index contributed by atoms with van der Waals surface area (Å²) in [7, 11) is 1.95. The first kappa shape index (κ1) is 11.8. The average molecular weight is 283 g/mol. The molecule has 0 radical (unpaired) electrons. The molecule has 0 atom stereocenters. The van der Waals surface area contributed by atoms with Crippen molar-refractivity contribution in [3.05, 3.63) is 22.7 Å². The quantitative estimate of drug-likeness (QED) is 0.889. The van der Waals surface area contributed by atoms with Crippen LogP contribution in [0.3, 0.4) is 0 Å². The van der Waals surface area contributed by atoms with Crippen molar-refractivity contribution in [2.24, 2.45) is 5.92 Å². The number of nitrogens with zero attached hydrogens (tertiary/aromatic N) is 1. The number of nitrogens with one attached hydrogen (secondary N) is 1. The van der Waals surface area contributed by atoms with Crippen LogP contribution in [-0.4, -0.2) is 20.1 Å². The van der Waals surface area contributed by atoms with Gasteiger partial charge in [0.05, 0.1) is 5.69 Å². The third-order valence-corrected chi connectivity index (χ3v) is 4.00. The van der Waals surface area contributed by atoms with Gasteiger partial charge in [-0.2, -0.15) is 0 Å². The van der Waals surface area contributed by atoms with Crippen molar-refractivity contribution in [2.45, 2.75) is 19.8 Å². The number of hydrogen-bond acceptors (Lipinski definition) is 2. The van der Waals surface area contributed by atoms with Crippen LogP contribution in [0.5, 0.6) is 0 Å². The highest BCUT2D eigenvalue weighted by Crippen LogP contribution is 2.31. The Hall–Kier alpha value is -0.700. The summed E-state index contributed by atoms with van der Waals surface area (Å²) < 4.78 is 1.19. The van der Waals surface area contributed by atoms with Crippen molar-refractivity contribution in [3.63, 3.8) is 0 Å². The Labute approximate surface area is 106 Å². The summed E-state index contributed by atoms with van der Waals surface area (Å²) in [5.74, 6) is 0.881. The van der Waals surface area contributed by atoms with Crippen LogP contribution in [0.25, 0.3) is 0 Å². The number of halogens is 1. The van der Waals surface area contributed by atoms with Crippen molar-refractivity contribution >= 4 is 27.3 Å². The van der Waals surface area contributed by atoms with E-state index in [0.717, 1.165) is 11.6 Å². The normalized spacial score (nSPS) is 17.6. The SMILES string of the molecule is CNc1ccc(N2CCC(C)CC2)c(Br)c1. The molecular formula is C13H19BrN2. The molecule has 0 unspecified atom stereocenters. The maximum atomic E-state index is 3.66. The first-order valence-electron chi connectivity index (χ1n) is 5.93. The molecule has 0 aromatic heterocycles. The maximum Gasteiger partial charge on any atom is 0.0512 e. The molecule has 1 aliphatic heterocycles. The minimum atomic E-state index is 0.881. The molecular weight excluding hydrogens is 264 g/mol. The van der Waals surface area contributed by atoms with Gasteiger partial charge < -0.3 is 10.2 Å². The fraction of sp³-hybridized carbons (Fsp3) is 0.538. The minimum Gasteiger partial charge on any atom is -0.388 e. The third kappa shape index (κ3) is 2.51. The van der Waals surface area contributed by atoms with E-state index in [0.29, 0.717) is 0 Å². The molecule has 0 spiro atoms. The number of hydrogen-bond donors (Lipinski definition) is 1. The molecule has 1 aliphatic rings. The van der Waals surface area contributed by atoms with Crippen molar-refractivity contribution in [1.82, 2.24) is 0 Å². The van der Waals surface area contributed by atoms with Gasteiger partial charge in [0.2, 0.25) is 0 Å². The van der Waals surface area contributed by atoms with Gasteiger partial charge in [-0.15, -0.1) is 0 Å². The molecule has 1 aromatic carbocycles. The predicted octanol–water partition coefficient (Wildman–Crippen LogP) is 3.73. The molecule has 1 fully saturated rings. The van der Waals surface area contributed by atoms with Crippen molar-refractivity contribution in [1.29, 1.82) is 0 Å². The van der Waals surface area contributed by atoms with Gasteiger partial charge in [0.1, 0.15) is 0 Å². The molecule has 0 aliphatic carbocycles. The topological polar surface area (TPSA) is 15.3 Å². The van der Waals surface area contributed by atoms with Crippen LogP contribution >= 0.6 is 15.9 Å². The summed E-state index contributed by atoms with van der Waals surface area (Å²) in [4.78, 5) is 2.48. The monoisotopic (exact) mass is 282 g/mol. The van der Waals surface area contributed by atoms with Crippen LogP contribution in [0, 0.1) is 5.92 Å². The molecule has 1 aromatic rings. The summed E-state index contributed by atoms with van der Waals surface area (Å²) >= 11 is 3.66. The molecule has 2 rings (SSSR count). The summed E-state index contributed by atoms with van der Waals surface area (Å²) in [6, 6.07) is 6.48. The molecule has 88 valence electrons. The summed E-state index contributed by atoms with van der Waals surface area (Å²) in [6.45, 7) is 4.70. The van der Waals surface area contributed by atoms with E-state index in [2.05, 4.69) is 51.3 Å². The summed E-state index contributed by atoms with van der Waals surface area (Å²) in [5.41, 5.74) is 2.48. The standard InChI is InChI=1S/C13H19BrN2/c1-10-5-7-16(8-6-10)13-4-3-11(15-2)9-12(13)14/h3-4,9-10,15H,5-8H2,1-2H3. The molecule has 0 amide bonds. The molecule has 3 heteroatoms. The number of benzene rings is 1. The predicted molar refractivity (Wildman–Crippen MR) is 74.3 cm³/mol. The highest BCUT2D eigenvalue weighted by Gasteiger charge is 2.17. The lowest BCUT2D eigenvalue weighted by molar-refractivity contribution is 0.438. The maximum absolute atomic E-state index is 3.66. The second-order valence-electron chi connectivity index (χ2n) is 4.59. The van der Waals surface area contributed by atoms with Crippen molar-refractivity contribution < 1.29 is 0 Å². The van der Waals surface area contributed by atoms with E-state index >= 15 is 0 Å². The van der Waals surface area contributed by atoms with Crippen LogP contribution in [0.1, 0.15) is 19.8 Å². The number of piperidine rings is 1. The second kappa shape index (κ2) is 5.09. The van der Waals surface area contributed by atoms with Gasteiger partial charge in [-0.05, 0) is 52.9 Å². The molecule has 0 saturated carbocycles.